The Morgan fingerprint density at radius 2 is 2.21 bits per heavy atom. The molecule has 1 aliphatic carbocycles. The van der Waals surface area contributed by atoms with Gasteiger partial charge in [0, 0.05) is 42.1 Å². The van der Waals surface area contributed by atoms with E-state index in [1.165, 1.54) is 34.9 Å². The van der Waals surface area contributed by atoms with Gasteiger partial charge in [-0.05, 0) is 43.5 Å². The lowest BCUT2D eigenvalue weighted by atomic mass is 9.72. The zero-order valence-corrected chi connectivity index (χ0v) is 14.7. The van der Waals surface area contributed by atoms with Gasteiger partial charge in [0.05, 0.1) is 5.92 Å². The van der Waals surface area contributed by atoms with E-state index in [9.17, 15) is 4.79 Å². The number of primary amides is 1. The number of aromatic nitrogens is 1. The van der Waals surface area contributed by atoms with Crippen LogP contribution < -0.4 is 5.73 Å². The number of rotatable bonds is 4. The highest BCUT2D eigenvalue weighted by Crippen LogP contribution is 2.44. The SMILES string of the molecule is CCCCn1cc2c3c(cccc31)[C@H]1CC(C(N)=O)CN(C)[C@@H]1C2. The van der Waals surface area contributed by atoms with Crippen LogP contribution in [0.2, 0.25) is 0 Å². The van der Waals surface area contributed by atoms with Gasteiger partial charge in [-0.25, -0.2) is 0 Å². The van der Waals surface area contributed by atoms with Gasteiger partial charge in [0.15, 0.2) is 0 Å². The number of likely N-dealkylation sites (N-methyl/N-ethyl adjacent to an activating group) is 1. The molecule has 2 N–H and O–H groups in total. The fourth-order valence-corrected chi connectivity index (χ4v) is 4.84. The van der Waals surface area contributed by atoms with Crippen molar-refractivity contribution >= 4 is 16.8 Å². The number of likely N-dealkylation sites (tertiary alicyclic amines) is 1. The summed E-state index contributed by atoms with van der Waals surface area (Å²) in [5, 5.41) is 1.44. The van der Waals surface area contributed by atoms with Crippen LogP contribution in [0.25, 0.3) is 10.9 Å². The van der Waals surface area contributed by atoms with Crippen LogP contribution >= 0.6 is 0 Å². The Morgan fingerprint density at radius 1 is 1.38 bits per heavy atom. The summed E-state index contributed by atoms with van der Waals surface area (Å²) in [6, 6.07) is 7.18. The lowest BCUT2D eigenvalue weighted by molar-refractivity contribution is -0.124. The minimum Gasteiger partial charge on any atom is -0.369 e. The summed E-state index contributed by atoms with van der Waals surface area (Å²) in [4.78, 5) is 14.1. The van der Waals surface area contributed by atoms with Crippen LogP contribution in [0, 0.1) is 5.92 Å². The van der Waals surface area contributed by atoms with Crippen LogP contribution in [-0.2, 0) is 17.8 Å². The molecule has 128 valence electrons. The molecule has 3 atom stereocenters. The summed E-state index contributed by atoms with van der Waals surface area (Å²) in [6.07, 6.45) is 6.77. The summed E-state index contributed by atoms with van der Waals surface area (Å²) < 4.78 is 2.43. The van der Waals surface area contributed by atoms with Crippen LogP contribution in [0.3, 0.4) is 0 Å². The molecule has 2 heterocycles. The lowest BCUT2D eigenvalue weighted by Crippen LogP contribution is -2.50. The number of aryl methyl sites for hydroxylation is 1. The normalized spacial score (nSPS) is 26.5. The first kappa shape index (κ1) is 15.7. The van der Waals surface area contributed by atoms with Crippen molar-refractivity contribution in [2.24, 2.45) is 11.7 Å². The molecular weight excluding hydrogens is 298 g/mol. The third kappa shape index (κ3) is 2.35. The summed E-state index contributed by atoms with van der Waals surface area (Å²) in [5.74, 6) is 0.230. The Morgan fingerprint density at radius 3 is 2.96 bits per heavy atom. The van der Waals surface area contributed by atoms with Crippen LogP contribution in [0.15, 0.2) is 24.4 Å². The topological polar surface area (TPSA) is 51.3 Å². The Kier molecular flexibility index (Phi) is 3.87. The van der Waals surface area contributed by atoms with Gasteiger partial charge in [-0.3, -0.25) is 4.79 Å². The predicted molar refractivity (Wildman–Crippen MR) is 97.0 cm³/mol. The highest BCUT2D eigenvalue weighted by atomic mass is 16.1. The maximum atomic E-state index is 11.8. The highest BCUT2D eigenvalue weighted by molar-refractivity contribution is 5.89. The van der Waals surface area contributed by atoms with Crippen molar-refractivity contribution < 1.29 is 4.79 Å². The number of nitrogens with two attached hydrogens (primary N) is 1. The smallest absolute Gasteiger partial charge is 0.221 e. The molecule has 0 spiro atoms. The molecule has 2 aliphatic rings. The maximum absolute atomic E-state index is 11.8. The Balaban J connectivity index is 1.79. The van der Waals surface area contributed by atoms with Crippen molar-refractivity contribution in [1.82, 2.24) is 9.47 Å². The standard InChI is InChI=1S/C20H27N3O/c1-3-4-8-23-12-13-10-18-16(9-14(20(21)24)11-22(18)2)15-6-5-7-17(23)19(13)15/h5-7,12,14,16,18H,3-4,8-11H2,1-2H3,(H2,21,24)/t14?,16-,18-/m1/s1. The number of fused-ring (bicyclic) bond motifs is 2. The number of benzene rings is 1. The maximum Gasteiger partial charge on any atom is 0.221 e. The first-order chi connectivity index (χ1) is 11.6. The Bertz CT molecular complexity index is 779. The third-order valence-corrected chi connectivity index (χ3v) is 6.08. The zero-order chi connectivity index (χ0) is 16.8. The van der Waals surface area contributed by atoms with Crippen molar-refractivity contribution in [3.05, 3.63) is 35.5 Å². The molecule has 4 nitrogen and oxygen atoms in total. The number of amides is 1. The van der Waals surface area contributed by atoms with Gasteiger partial charge in [-0.2, -0.15) is 0 Å². The monoisotopic (exact) mass is 325 g/mol. The number of hydrogen-bond donors (Lipinski definition) is 1. The van der Waals surface area contributed by atoms with Crippen LogP contribution in [0.1, 0.15) is 43.2 Å². The van der Waals surface area contributed by atoms with Crippen molar-refractivity contribution in [1.29, 1.82) is 0 Å². The minimum absolute atomic E-state index is 0.0322. The van der Waals surface area contributed by atoms with Gasteiger partial charge >= 0.3 is 0 Å². The molecule has 1 unspecified atom stereocenters. The van der Waals surface area contributed by atoms with Crippen molar-refractivity contribution in [2.75, 3.05) is 13.6 Å². The summed E-state index contributed by atoms with van der Waals surface area (Å²) in [7, 11) is 2.14. The molecule has 0 radical (unpaired) electrons. The van der Waals surface area contributed by atoms with Gasteiger partial charge in [-0.15, -0.1) is 0 Å². The molecule has 1 amide bonds. The van der Waals surface area contributed by atoms with Crippen molar-refractivity contribution in [2.45, 2.75) is 51.1 Å². The second kappa shape index (κ2) is 5.92. The lowest BCUT2D eigenvalue weighted by Gasteiger charge is -2.44. The van der Waals surface area contributed by atoms with E-state index in [2.05, 4.69) is 47.8 Å². The molecule has 1 saturated heterocycles. The summed E-state index contributed by atoms with van der Waals surface area (Å²) >= 11 is 0. The molecule has 4 heteroatoms. The fourth-order valence-electron chi connectivity index (χ4n) is 4.84. The number of hydrogen-bond acceptors (Lipinski definition) is 2. The van der Waals surface area contributed by atoms with E-state index < -0.39 is 0 Å². The van der Waals surface area contributed by atoms with Crippen LogP contribution in [0.4, 0.5) is 0 Å². The van der Waals surface area contributed by atoms with E-state index in [1.807, 2.05) is 0 Å². The molecular formula is C20H27N3O. The van der Waals surface area contributed by atoms with E-state index in [1.54, 1.807) is 0 Å². The molecule has 0 bridgehead atoms. The number of carbonyl (C=O) groups is 1. The predicted octanol–water partition coefficient (Wildman–Crippen LogP) is 2.89. The third-order valence-electron chi connectivity index (χ3n) is 6.08. The Hall–Kier alpha value is -1.81. The molecule has 0 saturated carbocycles. The first-order valence-corrected chi connectivity index (χ1v) is 9.20. The van der Waals surface area contributed by atoms with E-state index in [0.717, 1.165) is 25.9 Å². The molecule has 24 heavy (non-hydrogen) atoms. The number of piperidine rings is 1. The van der Waals surface area contributed by atoms with Crippen LogP contribution in [0.5, 0.6) is 0 Å². The summed E-state index contributed by atoms with van der Waals surface area (Å²) in [5.41, 5.74) is 9.89. The van der Waals surface area contributed by atoms with E-state index in [4.69, 9.17) is 5.73 Å². The number of carbonyl (C=O) groups excluding carboxylic acids is 1. The quantitative estimate of drug-likeness (QED) is 0.940. The van der Waals surface area contributed by atoms with Gasteiger partial charge in [0.25, 0.3) is 0 Å². The fraction of sp³-hybridized carbons (Fsp3) is 0.550. The summed E-state index contributed by atoms with van der Waals surface area (Å²) in [6.45, 7) is 4.12. The molecule has 1 aliphatic heterocycles. The van der Waals surface area contributed by atoms with E-state index >= 15 is 0 Å². The molecule has 2 aromatic rings. The molecule has 1 fully saturated rings. The van der Waals surface area contributed by atoms with Gasteiger partial charge in [-0.1, -0.05) is 25.5 Å². The van der Waals surface area contributed by atoms with E-state index in [-0.39, 0.29) is 11.8 Å². The average molecular weight is 325 g/mol. The first-order valence-electron chi connectivity index (χ1n) is 9.20. The second-order valence-electron chi connectivity index (χ2n) is 7.60. The average Bonchev–Trinajstić information content (AvgIpc) is 2.93. The largest absolute Gasteiger partial charge is 0.369 e. The highest BCUT2D eigenvalue weighted by Gasteiger charge is 2.41. The van der Waals surface area contributed by atoms with Gasteiger partial charge in [0.1, 0.15) is 0 Å². The molecule has 1 aromatic heterocycles. The van der Waals surface area contributed by atoms with Crippen molar-refractivity contribution in [3.8, 4) is 0 Å². The van der Waals surface area contributed by atoms with Gasteiger partial charge < -0.3 is 15.2 Å². The van der Waals surface area contributed by atoms with Crippen molar-refractivity contribution in [3.63, 3.8) is 0 Å². The number of nitrogens with zero attached hydrogens (tertiary/aromatic N) is 2. The molecule has 1 aromatic carbocycles. The van der Waals surface area contributed by atoms with E-state index in [0.29, 0.717) is 12.0 Å². The molecule has 4 rings (SSSR count). The minimum atomic E-state index is -0.154. The second-order valence-corrected chi connectivity index (χ2v) is 7.60. The Labute approximate surface area is 143 Å². The number of unbranched alkanes of at least 4 members (excludes halogenated alkanes) is 1. The van der Waals surface area contributed by atoms with Crippen LogP contribution in [-0.4, -0.2) is 35.0 Å². The van der Waals surface area contributed by atoms with Gasteiger partial charge in [0.2, 0.25) is 5.91 Å². The zero-order valence-electron chi connectivity index (χ0n) is 14.7.